The van der Waals surface area contributed by atoms with E-state index in [4.69, 9.17) is 4.74 Å². The van der Waals surface area contributed by atoms with E-state index in [0.717, 1.165) is 36.0 Å². The fourth-order valence-electron chi connectivity index (χ4n) is 4.33. The van der Waals surface area contributed by atoms with E-state index in [0.29, 0.717) is 11.1 Å². The van der Waals surface area contributed by atoms with E-state index in [2.05, 4.69) is 38.1 Å². The molecule has 0 saturated heterocycles. The summed E-state index contributed by atoms with van der Waals surface area (Å²) in [6.45, 7) is 6.33. The monoisotopic (exact) mass is 474 g/mol. The summed E-state index contributed by atoms with van der Waals surface area (Å²) in [5.41, 5.74) is 4.95. The molecule has 0 spiro atoms. The Hall–Kier alpha value is -2.94. The van der Waals surface area contributed by atoms with Gasteiger partial charge in [-0.25, -0.2) is 9.18 Å². The Balaban J connectivity index is 1.62. The van der Waals surface area contributed by atoms with Crippen molar-refractivity contribution in [3.05, 3.63) is 83.7 Å². The molecule has 0 aliphatic heterocycles. The average Bonchev–Trinajstić information content (AvgIpc) is 2.87. The molecule has 0 heterocycles. The maximum Gasteiger partial charge on any atom is 0.338 e. The van der Waals surface area contributed by atoms with Gasteiger partial charge < -0.3 is 4.74 Å². The molecule has 0 aliphatic carbocycles. The van der Waals surface area contributed by atoms with Gasteiger partial charge in [0.15, 0.2) is 0 Å². The minimum absolute atomic E-state index is 0.102. The number of hydrogen-bond donors (Lipinski definition) is 0. The largest absolute Gasteiger partial charge is 0.459 e. The molecule has 0 amide bonds. The first kappa shape index (κ1) is 26.7. The van der Waals surface area contributed by atoms with E-state index >= 15 is 4.39 Å². The highest BCUT2D eigenvalue weighted by molar-refractivity contribution is 5.90. The molecule has 0 fully saturated rings. The van der Waals surface area contributed by atoms with Gasteiger partial charge >= 0.3 is 5.97 Å². The zero-order chi connectivity index (χ0) is 25.0. The third-order valence-corrected chi connectivity index (χ3v) is 6.53. The standard InChI is InChI=1S/C32H39FO2/c1-4-6-8-10-11-24(3)35-32(34)28-19-17-27(18-20-28)30-22-21-29(23-31(30)33)26-15-13-25(14-16-26)12-9-7-5-2/h13-24H,4-12H2,1-3H3. The van der Waals surface area contributed by atoms with Gasteiger partial charge in [-0.15, -0.1) is 0 Å². The molecular weight excluding hydrogens is 435 g/mol. The molecule has 0 aromatic heterocycles. The second-order valence-corrected chi connectivity index (χ2v) is 9.49. The maximum atomic E-state index is 15.0. The van der Waals surface area contributed by atoms with E-state index in [1.807, 2.05) is 19.1 Å². The van der Waals surface area contributed by atoms with Gasteiger partial charge in [0, 0.05) is 5.56 Å². The predicted octanol–water partition coefficient (Wildman–Crippen LogP) is 9.41. The van der Waals surface area contributed by atoms with Crippen molar-refractivity contribution < 1.29 is 13.9 Å². The van der Waals surface area contributed by atoms with Crippen LogP contribution in [0.1, 0.15) is 88.1 Å². The van der Waals surface area contributed by atoms with Gasteiger partial charge in [-0.3, -0.25) is 0 Å². The number of rotatable bonds is 13. The van der Waals surface area contributed by atoms with E-state index in [-0.39, 0.29) is 17.9 Å². The number of unbranched alkanes of at least 4 members (excludes halogenated alkanes) is 5. The summed E-state index contributed by atoms with van der Waals surface area (Å²) in [7, 11) is 0. The molecular formula is C32H39FO2. The van der Waals surface area contributed by atoms with Crippen molar-refractivity contribution in [2.24, 2.45) is 0 Å². The van der Waals surface area contributed by atoms with Crippen molar-refractivity contribution in [2.45, 2.75) is 84.7 Å². The van der Waals surface area contributed by atoms with Crippen LogP contribution in [0.25, 0.3) is 22.3 Å². The van der Waals surface area contributed by atoms with Gasteiger partial charge in [-0.05, 0) is 73.1 Å². The third kappa shape index (κ3) is 8.06. The Morgan fingerprint density at radius 2 is 1.40 bits per heavy atom. The number of ether oxygens (including phenoxy) is 1. The smallest absolute Gasteiger partial charge is 0.338 e. The highest BCUT2D eigenvalue weighted by Crippen LogP contribution is 2.29. The Morgan fingerprint density at radius 1 is 0.771 bits per heavy atom. The summed E-state index contributed by atoms with van der Waals surface area (Å²) in [6, 6.07) is 20.8. The van der Waals surface area contributed by atoms with Crippen LogP contribution in [0, 0.1) is 5.82 Å². The molecule has 1 atom stereocenters. The van der Waals surface area contributed by atoms with Crippen LogP contribution in [-0.4, -0.2) is 12.1 Å². The van der Waals surface area contributed by atoms with E-state index in [9.17, 15) is 4.79 Å². The molecule has 0 saturated carbocycles. The number of esters is 1. The Kier molecular flexibility index (Phi) is 10.5. The van der Waals surface area contributed by atoms with Crippen LogP contribution >= 0.6 is 0 Å². The molecule has 186 valence electrons. The highest BCUT2D eigenvalue weighted by Gasteiger charge is 2.13. The van der Waals surface area contributed by atoms with E-state index in [1.165, 1.54) is 44.1 Å². The Bertz CT molecular complexity index is 1050. The van der Waals surface area contributed by atoms with Gasteiger partial charge in [-0.2, -0.15) is 0 Å². The molecule has 3 aromatic rings. The molecule has 1 unspecified atom stereocenters. The van der Waals surface area contributed by atoms with Crippen molar-refractivity contribution in [3.63, 3.8) is 0 Å². The lowest BCUT2D eigenvalue weighted by atomic mass is 9.97. The third-order valence-electron chi connectivity index (χ3n) is 6.53. The van der Waals surface area contributed by atoms with Crippen LogP contribution < -0.4 is 0 Å². The first-order valence-corrected chi connectivity index (χ1v) is 13.2. The second-order valence-electron chi connectivity index (χ2n) is 9.49. The second kappa shape index (κ2) is 13.8. The van der Waals surface area contributed by atoms with Gasteiger partial charge in [0.2, 0.25) is 0 Å². The lowest BCUT2D eigenvalue weighted by molar-refractivity contribution is 0.0319. The Labute approximate surface area is 210 Å². The molecule has 3 heteroatoms. The lowest BCUT2D eigenvalue weighted by Gasteiger charge is -2.13. The number of carbonyl (C=O) groups excluding carboxylic acids is 1. The first-order valence-electron chi connectivity index (χ1n) is 13.2. The molecule has 0 N–H and O–H groups in total. The van der Waals surface area contributed by atoms with Crippen molar-refractivity contribution in [3.8, 4) is 22.3 Å². The zero-order valence-electron chi connectivity index (χ0n) is 21.5. The van der Waals surface area contributed by atoms with Crippen LogP contribution in [0.5, 0.6) is 0 Å². The molecule has 0 aliphatic rings. The van der Waals surface area contributed by atoms with E-state index in [1.54, 1.807) is 30.3 Å². The van der Waals surface area contributed by atoms with Gasteiger partial charge in [0.1, 0.15) is 5.82 Å². The topological polar surface area (TPSA) is 26.3 Å². The summed E-state index contributed by atoms with van der Waals surface area (Å²) in [5, 5.41) is 0. The molecule has 2 nitrogen and oxygen atoms in total. The molecule has 0 radical (unpaired) electrons. The fraction of sp³-hybridized carbons (Fsp3) is 0.406. The molecule has 35 heavy (non-hydrogen) atoms. The van der Waals surface area contributed by atoms with Crippen molar-refractivity contribution in [2.75, 3.05) is 0 Å². The Morgan fingerprint density at radius 3 is 2.06 bits per heavy atom. The van der Waals surface area contributed by atoms with Gasteiger partial charge in [0.25, 0.3) is 0 Å². The molecule has 0 bridgehead atoms. The maximum absolute atomic E-state index is 15.0. The summed E-state index contributed by atoms with van der Waals surface area (Å²) in [4.78, 5) is 12.5. The first-order chi connectivity index (χ1) is 17.0. The average molecular weight is 475 g/mol. The van der Waals surface area contributed by atoms with Crippen LogP contribution in [0.15, 0.2) is 66.7 Å². The predicted molar refractivity (Wildman–Crippen MR) is 144 cm³/mol. The highest BCUT2D eigenvalue weighted by atomic mass is 19.1. The van der Waals surface area contributed by atoms with E-state index < -0.39 is 0 Å². The van der Waals surface area contributed by atoms with Crippen molar-refractivity contribution in [1.29, 1.82) is 0 Å². The zero-order valence-corrected chi connectivity index (χ0v) is 21.5. The number of benzene rings is 3. The normalized spacial score (nSPS) is 11.9. The number of carbonyl (C=O) groups is 1. The van der Waals surface area contributed by atoms with Gasteiger partial charge in [0.05, 0.1) is 11.7 Å². The minimum atomic E-state index is -0.325. The van der Waals surface area contributed by atoms with Crippen molar-refractivity contribution in [1.82, 2.24) is 0 Å². The summed E-state index contributed by atoms with van der Waals surface area (Å²) >= 11 is 0. The summed E-state index contributed by atoms with van der Waals surface area (Å²) in [5.74, 6) is -0.598. The lowest BCUT2D eigenvalue weighted by Crippen LogP contribution is -2.15. The van der Waals surface area contributed by atoms with Crippen LogP contribution in [0.2, 0.25) is 0 Å². The number of aryl methyl sites for hydroxylation is 1. The van der Waals surface area contributed by atoms with Crippen molar-refractivity contribution >= 4 is 5.97 Å². The SMILES string of the molecule is CCCCCCC(C)OC(=O)c1ccc(-c2ccc(-c3ccc(CCCCC)cc3)cc2F)cc1. The summed E-state index contributed by atoms with van der Waals surface area (Å²) < 4.78 is 20.6. The fourth-order valence-corrected chi connectivity index (χ4v) is 4.33. The summed E-state index contributed by atoms with van der Waals surface area (Å²) in [6.07, 6.45) is 10.2. The molecule has 3 aromatic carbocycles. The number of halogens is 1. The number of hydrogen-bond acceptors (Lipinski definition) is 2. The van der Waals surface area contributed by atoms with Gasteiger partial charge in [-0.1, -0.05) is 94.5 Å². The van der Waals surface area contributed by atoms with Crippen LogP contribution in [0.4, 0.5) is 4.39 Å². The minimum Gasteiger partial charge on any atom is -0.459 e. The van der Waals surface area contributed by atoms with Crippen LogP contribution in [0.3, 0.4) is 0 Å². The molecule has 3 rings (SSSR count). The quantitative estimate of drug-likeness (QED) is 0.182. The van der Waals surface area contributed by atoms with Crippen LogP contribution in [-0.2, 0) is 11.2 Å².